The number of nitrogens with one attached hydrogen (secondary N) is 1. The molecule has 4 aromatic rings. The molecule has 1 N–H and O–H groups in total. The van der Waals surface area contributed by atoms with Gasteiger partial charge in [0.2, 0.25) is 0 Å². The number of aromatic nitrogens is 2. The standard InChI is InChI=1S/C24H21N5O2S/c1-28-13-5-14-29(22-21(28)26-18-6-2-3-7-19(18)27-22)24(31)16-9-11-17(12-10-16)25-23(30)20-8-4-15-32-20/h2-4,6-12,15H,5,13-14H2,1H3,(H,25,30). The molecule has 2 amide bonds. The Labute approximate surface area is 189 Å². The second-order valence-electron chi connectivity index (χ2n) is 7.60. The predicted octanol–water partition coefficient (Wildman–Crippen LogP) is 4.43. The van der Waals surface area contributed by atoms with Gasteiger partial charge in [0.1, 0.15) is 0 Å². The van der Waals surface area contributed by atoms with E-state index in [0.717, 1.165) is 24.0 Å². The van der Waals surface area contributed by atoms with Crippen LogP contribution in [0, 0.1) is 0 Å². The zero-order chi connectivity index (χ0) is 22.1. The van der Waals surface area contributed by atoms with Crippen LogP contribution in [0.1, 0.15) is 26.5 Å². The number of anilines is 3. The Morgan fingerprint density at radius 1 is 0.906 bits per heavy atom. The first-order valence-corrected chi connectivity index (χ1v) is 11.2. The van der Waals surface area contributed by atoms with Gasteiger partial charge in [0.15, 0.2) is 11.6 Å². The molecule has 0 fully saturated rings. The topological polar surface area (TPSA) is 78.4 Å². The zero-order valence-corrected chi connectivity index (χ0v) is 18.3. The van der Waals surface area contributed by atoms with Gasteiger partial charge in [-0.2, -0.15) is 0 Å². The van der Waals surface area contributed by atoms with E-state index in [4.69, 9.17) is 9.97 Å². The van der Waals surface area contributed by atoms with Crippen molar-refractivity contribution in [2.24, 2.45) is 0 Å². The maximum Gasteiger partial charge on any atom is 0.265 e. The van der Waals surface area contributed by atoms with Crippen LogP contribution in [0.2, 0.25) is 0 Å². The lowest BCUT2D eigenvalue weighted by Crippen LogP contribution is -2.32. The fraction of sp³-hybridized carbons (Fsp3) is 0.167. The molecule has 3 heterocycles. The minimum absolute atomic E-state index is 0.137. The molecule has 2 aromatic heterocycles. The number of rotatable bonds is 3. The summed E-state index contributed by atoms with van der Waals surface area (Å²) in [7, 11) is 1.97. The highest BCUT2D eigenvalue weighted by Gasteiger charge is 2.27. The lowest BCUT2D eigenvalue weighted by molar-refractivity contribution is 0.0985. The van der Waals surface area contributed by atoms with Crippen LogP contribution in [-0.2, 0) is 0 Å². The van der Waals surface area contributed by atoms with E-state index in [0.29, 0.717) is 34.3 Å². The maximum absolute atomic E-state index is 13.4. The first-order chi connectivity index (χ1) is 15.6. The lowest BCUT2D eigenvalue weighted by atomic mass is 10.1. The number of para-hydroxylation sites is 2. The van der Waals surface area contributed by atoms with Crippen molar-refractivity contribution in [1.82, 2.24) is 9.97 Å². The van der Waals surface area contributed by atoms with Crippen LogP contribution in [0.25, 0.3) is 11.0 Å². The maximum atomic E-state index is 13.4. The number of amides is 2. The van der Waals surface area contributed by atoms with Gasteiger partial charge in [0.05, 0.1) is 15.9 Å². The number of thiophene rings is 1. The van der Waals surface area contributed by atoms with Crippen molar-refractivity contribution in [1.29, 1.82) is 0 Å². The lowest BCUT2D eigenvalue weighted by Gasteiger charge is -2.23. The van der Waals surface area contributed by atoms with Gasteiger partial charge in [-0.1, -0.05) is 18.2 Å². The van der Waals surface area contributed by atoms with Gasteiger partial charge in [0.25, 0.3) is 11.8 Å². The van der Waals surface area contributed by atoms with Crippen molar-refractivity contribution in [2.45, 2.75) is 6.42 Å². The number of carbonyl (C=O) groups is 2. The van der Waals surface area contributed by atoms with E-state index in [1.165, 1.54) is 11.3 Å². The van der Waals surface area contributed by atoms with Gasteiger partial charge >= 0.3 is 0 Å². The number of hydrogen-bond acceptors (Lipinski definition) is 6. The van der Waals surface area contributed by atoms with E-state index in [-0.39, 0.29) is 11.8 Å². The second-order valence-corrected chi connectivity index (χ2v) is 8.55. The molecule has 0 saturated heterocycles. The van der Waals surface area contributed by atoms with E-state index in [1.807, 2.05) is 47.7 Å². The number of carbonyl (C=O) groups excluding carboxylic acids is 2. The van der Waals surface area contributed by atoms with Gasteiger partial charge in [-0.3, -0.25) is 14.5 Å². The largest absolute Gasteiger partial charge is 0.357 e. The zero-order valence-electron chi connectivity index (χ0n) is 17.5. The van der Waals surface area contributed by atoms with Crippen LogP contribution >= 0.6 is 11.3 Å². The van der Waals surface area contributed by atoms with E-state index >= 15 is 0 Å². The number of benzene rings is 2. The second kappa shape index (κ2) is 8.39. The summed E-state index contributed by atoms with van der Waals surface area (Å²) in [6.07, 6.45) is 0.811. The van der Waals surface area contributed by atoms with Crippen molar-refractivity contribution < 1.29 is 9.59 Å². The molecule has 1 aliphatic heterocycles. The summed E-state index contributed by atoms with van der Waals surface area (Å²) >= 11 is 1.38. The Bertz CT molecular complexity index is 1290. The molecule has 7 nitrogen and oxygen atoms in total. The average Bonchev–Trinajstić information content (AvgIpc) is 3.31. The highest BCUT2D eigenvalue weighted by atomic mass is 32.1. The third-order valence-electron chi connectivity index (χ3n) is 5.41. The van der Waals surface area contributed by atoms with Crippen molar-refractivity contribution in [3.8, 4) is 0 Å². The summed E-state index contributed by atoms with van der Waals surface area (Å²) in [5.74, 6) is 0.978. The molecule has 2 aromatic carbocycles. The first kappa shape index (κ1) is 20.1. The Morgan fingerprint density at radius 2 is 1.62 bits per heavy atom. The predicted molar refractivity (Wildman–Crippen MR) is 128 cm³/mol. The molecule has 0 saturated carbocycles. The SMILES string of the molecule is CN1CCCN(C(=O)c2ccc(NC(=O)c3cccs3)cc2)c2nc3ccccc3nc21. The molecule has 0 unspecified atom stereocenters. The van der Waals surface area contributed by atoms with Gasteiger partial charge in [-0.15, -0.1) is 11.3 Å². The first-order valence-electron chi connectivity index (χ1n) is 10.3. The molecule has 8 heteroatoms. The molecule has 0 atom stereocenters. The van der Waals surface area contributed by atoms with Gasteiger partial charge in [0, 0.05) is 31.4 Å². The molecule has 1 aliphatic rings. The van der Waals surface area contributed by atoms with Crippen LogP contribution in [0.15, 0.2) is 66.0 Å². The van der Waals surface area contributed by atoms with Crippen molar-refractivity contribution >= 4 is 51.5 Å². The summed E-state index contributed by atoms with van der Waals surface area (Å²) in [6, 6.07) is 18.2. The van der Waals surface area contributed by atoms with E-state index in [2.05, 4.69) is 5.32 Å². The van der Waals surface area contributed by atoms with Crippen molar-refractivity contribution in [2.75, 3.05) is 35.3 Å². The van der Waals surface area contributed by atoms with Crippen LogP contribution in [0.3, 0.4) is 0 Å². The Kier molecular flexibility index (Phi) is 5.28. The summed E-state index contributed by atoms with van der Waals surface area (Å²) in [5.41, 5.74) is 2.73. The molecule has 5 rings (SSSR count). The van der Waals surface area contributed by atoms with Crippen LogP contribution < -0.4 is 15.1 Å². The monoisotopic (exact) mass is 443 g/mol. The molecule has 0 bridgehead atoms. The average molecular weight is 444 g/mol. The summed E-state index contributed by atoms with van der Waals surface area (Å²) in [6.45, 7) is 1.34. The fourth-order valence-corrected chi connectivity index (χ4v) is 4.37. The fourth-order valence-electron chi connectivity index (χ4n) is 3.75. The molecular formula is C24H21N5O2S. The van der Waals surface area contributed by atoms with Gasteiger partial charge in [-0.25, -0.2) is 9.97 Å². The minimum Gasteiger partial charge on any atom is -0.357 e. The normalized spacial score (nSPS) is 13.5. The van der Waals surface area contributed by atoms with E-state index in [1.54, 1.807) is 35.2 Å². The van der Waals surface area contributed by atoms with Gasteiger partial charge < -0.3 is 10.2 Å². The number of hydrogen-bond donors (Lipinski definition) is 1. The molecule has 160 valence electrons. The van der Waals surface area contributed by atoms with Crippen LogP contribution in [0.5, 0.6) is 0 Å². The minimum atomic E-state index is -0.161. The van der Waals surface area contributed by atoms with Crippen molar-refractivity contribution in [3.63, 3.8) is 0 Å². The molecule has 32 heavy (non-hydrogen) atoms. The Morgan fingerprint density at radius 3 is 2.31 bits per heavy atom. The van der Waals surface area contributed by atoms with Crippen LogP contribution in [0.4, 0.5) is 17.3 Å². The van der Waals surface area contributed by atoms with Crippen LogP contribution in [-0.4, -0.2) is 41.9 Å². The van der Waals surface area contributed by atoms with Gasteiger partial charge in [-0.05, 0) is 54.3 Å². The third-order valence-corrected chi connectivity index (χ3v) is 6.28. The number of fused-ring (bicyclic) bond motifs is 2. The summed E-state index contributed by atoms with van der Waals surface area (Å²) < 4.78 is 0. The Hall–Kier alpha value is -3.78. The number of nitrogens with zero attached hydrogens (tertiary/aromatic N) is 4. The molecule has 0 spiro atoms. The third kappa shape index (κ3) is 3.80. The van der Waals surface area contributed by atoms with E-state index in [9.17, 15) is 9.59 Å². The Balaban J connectivity index is 1.43. The molecule has 0 aliphatic carbocycles. The quantitative estimate of drug-likeness (QED) is 0.507. The summed E-state index contributed by atoms with van der Waals surface area (Å²) in [4.78, 5) is 39.6. The highest BCUT2D eigenvalue weighted by molar-refractivity contribution is 7.12. The highest BCUT2D eigenvalue weighted by Crippen LogP contribution is 2.31. The van der Waals surface area contributed by atoms with E-state index < -0.39 is 0 Å². The smallest absolute Gasteiger partial charge is 0.265 e. The molecular weight excluding hydrogens is 422 g/mol. The molecule has 0 radical (unpaired) electrons. The van der Waals surface area contributed by atoms with Crippen molar-refractivity contribution in [3.05, 3.63) is 76.5 Å². The summed E-state index contributed by atoms with van der Waals surface area (Å²) in [5, 5.41) is 4.72.